The number of methoxy groups -OCH3 is 2. The van der Waals surface area contributed by atoms with Crippen molar-refractivity contribution >= 4 is 23.1 Å². The van der Waals surface area contributed by atoms with Gasteiger partial charge >= 0.3 is 0 Å². The van der Waals surface area contributed by atoms with Crippen LogP contribution in [0.3, 0.4) is 0 Å². The lowest BCUT2D eigenvalue weighted by atomic mass is 9.75. The molecule has 2 aromatic rings. The van der Waals surface area contributed by atoms with E-state index in [1.165, 1.54) is 5.70 Å². The van der Waals surface area contributed by atoms with E-state index in [4.69, 9.17) is 9.47 Å². The summed E-state index contributed by atoms with van der Waals surface area (Å²) in [7, 11) is 3.24. The number of Topliss-reactive ketones (excluding diaryl/α,β-unsaturated/α-hetero) is 1. The zero-order valence-corrected chi connectivity index (χ0v) is 24.1. The normalized spacial score (nSPS) is 22.0. The van der Waals surface area contributed by atoms with Gasteiger partial charge in [-0.1, -0.05) is 30.4 Å². The summed E-state index contributed by atoms with van der Waals surface area (Å²) < 4.78 is 11.0. The van der Waals surface area contributed by atoms with E-state index in [9.17, 15) is 9.59 Å². The molecule has 0 spiro atoms. The number of ether oxygens (including phenoxy) is 2. The second-order valence-corrected chi connectivity index (χ2v) is 10.6. The van der Waals surface area contributed by atoms with Crippen molar-refractivity contribution in [3.63, 3.8) is 0 Å². The zero-order valence-electron chi connectivity index (χ0n) is 24.1. The molecule has 1 heterocycles. The van der Waals surface area contributed by atoms with Crippen LogP contribution in [0.1, 0.15) is 51.5 Å². The van der Waals surface area contributed by atoms with E-state index in [-0.39, 0.29) is 23.5 Å². The van der Waals surface area contributed by atoms with Gasteiger partial charge in [0.25, 0.3) is 0 Å². The topological polar surface area (TPSA) is 71.1 Å². The second kappa shape index (κ2) is 11.6. The lowest BCUT2D eigenvalue weighted by Crippen LogP contribution is -2.47. The number of ketones is 1. The number of amides is 1. The van der Waals surface area contributed by atoms with E-state index in [0.717, 1.165) is 47.7 Å². The summed E-state index contributed by atoms with van der Waals surface area (Å²) in [5.41, 5.74) is 5.48. The summed E-state index contributed by atoms with van der Waals surface area (Å²) >= 11 is 0. The summed E-state index contributed by atoms with van der Waals surface area (Å²) in [6, 6.07) is 13.3. The average molecular weight is 542 g/mol. The Morgan fingerprint density at radius 3 is 2.45 bits per heavy atom. The molecule has 0 saturated heterocycles. The first-order chi connectivity index (χ1) is 19.4. The van der Waals surface area contributed by atoms with Crippen molar-refractivity contribution in [3.8, 4) is 11.5 Å². The molecule has 0 fully saturated rings. The summed E-state index contributed by atoms with van der Waals surface area (Å²) in [4.78, 5) is 31.6. The maximum absolute atomic E-state index is 14.1. The van der Waals surface area contributed by atoms with Crippen molar-refractivity contribution < 1.29 is 19.1 Å². The Bertz CT molecular complexity index is 1390. The Hall–Kier alpha value is -4.00. The number of para-hydroxylation sites is 2. The van der Waals surface area contributed by atoms with Crippen molar-refractivity contribution in [1.29, 1.82) is 0 Å². The van der Waals surface area contributed by atoms with E-state index in [1.807, 2.05) is 47.4 Å². The van der Waals surface area contributed by atoms with Crippen molar-refractivity contribution in [1.82, 2.24) is 4.90 Å². The number of allylic oxidation sites excluding steroid dienone is 3. The molecule has 7 heteroatoms. The zero-order chi connectivity index (χ0) is 28.4. The Morgan fingerprint density at radius 1 is 1.05 bits per heavy atom. The molecule has 1 N–H and O–H groups in total. The molecular formula is C33H39N3O4. The van der Waals surface area contributed by atoms with Gasteiger partial charge in [-0.2, -0.15) is 0 Å². The van der Waals surface area contributed by atoms with E-state index in [1.54, 1.807) is 21.1 Å². The third kappa shape index (κ3) is 5.01. The molecule has 5 rings (SSSR count). The lowest BCUT2D eigenvalue weighted by Gasteiger charge is -2.39. The van der Waals surface area contributed by atoms with E-state index < -0.39 is 6.04 Å². The van der Waals surface area contributed by atoms with Crippen molar-refractivity contribution in [2.45, 2.75) is 52.0 Å². The number of likely N-dealkylation sites (N-methyl/N-ethyl adjacent to an activating group) is 1. The quantitative estimate of drug-likeness (QED) is 0.460. The predicted molar refractivity (Wildman–Crippen MR) is 159 cm³/mol. The minimum absolute atomic E-state index is 0.0219. The molecule has 3 aliphatic rings. The molecule has 2 aromatic carbocycles. The van der Waals surface area contributed by atoms with Crippen molar-refractivity contribution in [2.75, 3.05) is 37.5 Å². The average Bonchev–Trinajstić information content (AvgIpc) is 3.12. The molecule has 0 radical (unpaired) electrons. The van der Waals surface area contributed by atoms with Crippen LogP contribution in [0.25, 0.3) is 0 Å². The molecule has 0 aromatic heterocycles. The SMILES string of the molecule is CCN(CC)C1=CCC(C2C3=C(CC(c4ccc(OC)c(OC)c4)CC3=O)Nc3ccccc3N2C(C)=O)C=C1. The molecule has 1 aliphatic heterocycles. The van der Waals surface area contributed by atoms with Crippen LogP contribution in [-0.4, -0.2) is 49.9 Å². The summed E-state index contributed by atoms with van der Waals surface area (Å²) in [6.45, 7) is 7.77. The molecular weight excluding hydrogens is 502 g/mol. The standard InChI is InChI=1S/C33H39N3O4/c1-6-35(7-2)25-15-12-22(13-16-25)33-32-27(34-26-10-8-9-11-28(26)36(33)21(3)37)18-24(19-29(32)38)23-14-17-30(39-4)31(20-23)40-5/h8-12,14-17,20,22,24,33-34H,6-7,13,18-19H2,1-5H3. The van der Waals surface area contributed by atoms with Gasteiger partial charge in [0, 0.05) is 49.3 Å². The first kappa shape index (κ1) is 27.6. The Labute approximate surface area is 237 Å². The van der Waals surface area contributed by atoms with Gasteiger partial charge in [-0.25, -0.2) is 0 Å². The number of carbonyl (C=O) groups is 2. The molecule has 2 aliphatic carbocycles. The Kier molecular flexibility index (Phi) is 8.01. The van der Waals surface area contributed by atoms with Gasteiger partial charge in [0.2, 0.25) is 5.91 Å². The molecule has 1 amide bonds. The highest BCUT2D eigenvalue weighted by Gasteiger charge is 2.43. The summed E-state index contributed by atoms with van der Waals surface area (Å²) in [5, 5.41) is 3.60. The van der Waals surface area contributed by atoms with Crippen molar-refractivity contribution in [3.05, 3.63) is 83.2 Å². The minimum atomic E-state index is -0.395. The van der Waals surface area contributed by atoms with Gasteiger partial charge in [-0.15, -0.1) is 0 Å². The number of hydrogen-bond acceptors (Lipinski definition) is 6. The number of benzene rings is 2. The first-order valence-electron chi connectivity index (χ1n) is 14.2. The van der Waals surface area contributed by atoms with Crippen LogP contribution in [0.4, 0.5) is 11.4 Å². The fourth-order valence-electron chi connectivity index (χ4n) is 6.42. The number of nitrogens with zero attached hydrogens (tertiary/aromatic N) is 2. The van der Waals surface area contributed by atoms with Gasteiger partial charge in [0.05, 0.1) is 31.6 Å². The summed E-state index contributed by atoms with van der Waals surface area (Å²) in [5.74, 6) is 1.26. The first-order valence-corrected chi connectivity index (χ1v) is 14.2. The van der Waals surface area contributed by atoms with Crippen LogP contribution in [-0.2, 0) is 9.59 Å². The van der Waals surface area contributed by atoms with Gasteiger partial charge < -0.3 is 24.6 Å². The maximum Gasteiger partial charge on any atom is 0.224 e. The second-order valence-electron chi connectivity index (χ2n) is 10.6. The molecule has 40 heavy (non-hydrogen) atoms. The van der Waals surface area contributed by atoms with Crippen LogP contribution < -0.4 is 19.7 Å². The van der Waals surface area contributed by atoms with Crippen LogP contribution in [0.5, 0.6) is 11.5 Å². The van der Waals surface area contributed by atoms with Gasteiger partial charge in [-0.05, 0) is 68.5 Å². The maximum atomic E-state index is 14.1. The third-order valence-corrected chi connectivity index (χ3v) is 8.40. The number of rotatable bonds is 7. The molecule has 3 atom stereocenters. The molecule has 0 bridgehead atoms. The van der Waals surface area contributed by atoms with Crippen molar-refractivity contribution in [2.24, 2.45) is 5.92 Å². The van der Waals surface area contributed by atoms with Crippen LogP contribution in [0.15, 0.2) is 77.7 Å². The van der Waals surface area contributed by atoms with E-state index >= 15 is 0 Å². The molecule has 0 saturated carbocycles. The van der Waals surface area contributed by atoms with Crippen LogP contribution in [0.2, 0.25) is 0 Å². The number of nitrogens with one attached hydrogen (secondary N) is 1. The van der Waals surface area contributed by atoms with E-state index in [0.29, 0.717) is 24.3 Å². The summed E-state index contributed by atoms with van der Waals surface area (Å²) in [6.07, 6.45) is 8.38. The Balaban J connectivity index is 1.58. The van der Waals surface area contributed by atoms with E-state index in [2.05, 4.69) is 42.3 Å². The smallest absolute Gasteiger partial charge is 0.224 e. The Morgan fingerprint density at radius 2 is 1.80 bits per heavy atom. The third-order valence-electron chi connectivity index (χ3n) is 8.40. The highest BCUT2D eigenvalue weighted by atomic mass is 16.5. The fourth-order valence-corrected chi connectivity index (χ4v) is 6.42. The van der Waals surface area contributed by atoms with Crippen LogP contribution in [0, 0.1) is 5.92 Å². The molecule has 3 unspecified atom stereocenters. The predicted octanol–water partition coefficient (Wildman–Crippen LogP) is 6.05. The minimum Gasteiger partial charge on any atom is -0.493 e. The number of fused-ring (bicyclic) bond motifs is 1. The number of carbonyl (C=O) groups excluding carboxylic acids is 2. The van der Waals surface area contributed by atoms with Crippen LogP contribution >= 0.6 is 0 Å². The monoisotopic (exact) mass is 541 g/mol. The molecule has 7 nitrogen and oxygen atoms in total. The molecule has 210 valence electrons. The lowest BCUT2D eigenvalue weighted by molar-refractivity contribution is -0.117. The van der Waals surface area contributed by atoms with Gasteiger partial charge in [0.15, 0.2) is 17.3 Å². The largest absolute Gasteiger partial charge is 0.493 e. The van der Waals surface area contributed by atoms with Gasteiger partial charge in [-0.3, -0.25) is 9.59 Å². The highest BCUT2D eigenvalue weighted by Crippen LogP contribution is 2.46. The van der Waals surface area contributed by atoms with Gasteiger partial charge in [0.1, 0.15) is 0 Å². The number of anilines is 2. The number of hydrogen-bond donors (Lipinski definition) is 1. The highest BCUT2D eigenvalue weighted by molar-refractivity contribution is 6.05. The fraction of sp³-hybridized carbons (Fsp3) is 0.394.